The third kappa shape index (κ3) is 58.2. The summed E-state index contributed by atoms with van der Waals surface area (Å²) in [6.45, 7) is 4.86. The molecule has 0 saturated heterocycles. The molecule has 1 amide bonds. The van der Waals surface area contributed by atoms with Crippen LogP contribution in [0.3, 0.4) is 0 Å². The Hall–Kier alpha value is -1.28. The average Bonchev–Trinajstić information content (AvgIpc) is 3.35. The maximum atomic E-state index is 13.0. The highest BCUT2D eigenvalue weighted by Gasteiger charge is 2.28. The van der Waals surface area contributed by atoms with Crippen molar-refractivity contribution in [2.75, 3.05) is 40.9 Å². The Morgan fingerprint density at radius 1 is 0.466 bits per heavy atom. The molecule has 0 saturated carbocycles. The molecule has 0 aliphatic carbocycles. The van der Waals surface area contributed by atoms with Crippen LogP contribution in [0.2, 0.25) is 0 Å². The van der Waals surface area contributed by atoms with Crippen LogP contribution < -0.4 is 5.32 Å². The van der Waals surface area contributed by atoms with E-state index in [0.29, 0.717) is 17.4 Å². The second-order valence-electron chi connectivity index (χ2n) is 23.1. The van der Waals surface area contributed by atoms with E-state index in [0.717, 1.165) is 44.9 Å². The highest BCUT2D eigenvalue weighted by atomic mass is 31.2. The summed E-state index contributed by atoms with van der Waals surface area (Å²) in [5, 5.41) is 14.0. The SMILES string of the molecule is CCCCCCCCCCC/C=C\C/C=C\CCCCCCCCCCCCCCCCCCCC(=O)NC(COP(=O)(O)OCC[N+](C)(C)C)C(O)/C=C/CCCCCCCCCCCCCCCCCC. The fraction of sp³-hybridized carbons (Fsp3) is 0.891. The lowest BCUT2D eigenvalue weighted by molar-refractivity contribution is -0.870. The summed E-state index contributed by atoms with van der Waals surface area (Å²) in [4.78, 5) is 23.3. The molecule has 0 bridgehead atoms. The maximum Gasteiger partial charge on any atom is 0.472 e. The molecule has 0 spiro atoms. The number of allylic oxidation sites excluding steroid dienone is 5. The molecule has 9 heteroatoms. The van der Waals surface area contributed by atoms with Crippen LogP contribution in [0.1, 0.15) is 316 Å². The molecule has 0 radical (unpaired) electrons. The number of quaternary nitrogens is 1. The Bertz CT molecular complexity index is 1280. The van der Waals surface area contributed by atoms with Crippen molar-refractivity contribution < 1.29 is 32.9 Å². The molecular formula is C64H126N2O6P+. The highest BCUT2D eigenvalue weighted by molar-refractivity contribution is 7.47. The van der Waals surface area contributed by atoms with Crippen LogP contribution >= 0.6 is 7.82 Å². The molecule has 0 fully saturated rings. The molecule has 3 unspecified atom stereocenters. The van der Waals surface area contributed by atoms with Gasteiger partial charge in [0.15, 0.2) is 0 Å². The average molecular weight is 1050 g/mol. The second kappa shape index (κ2) is 55.5. The van der Waals surface area contributed by atoms with Gasteiger partial charge in [0.05, 0.1) is 39.9 Å². The molecule has 3 N–H and O–H groups in total. The molecule has 0 aromatic heterocycles. The van der Waals surface area contributed by atoms with Gasteiger partial charge in [-0.2, -0.15) is 0 Å². The number of hydrogen-bond donors (Lipinski definition) is 3. The van der Waals surface area contributed by atoms with Crippen molar-refractivity contribution in [1.29, 1.82) is 0 Å². The molecule has 8 nitrogen and oxygen atoms in total. The van der Waals surface area contributed by atoms with Gasteiger partial charge in [0.1, 0.15) is 13.2 Å². The zero-order valence-electron chi connectivity index (χ0n) is 49.4. The van der Waals surface area contributed by atoms with Gasteiger partial charge in [-0.3, -0.25) is 13.8 Å². The zero-order chi connectivity index (χ0) is 53.5. The third-order valence-electron chi connectivity index (χ3n) is 14.6. The molecule has 3 atom stereocenters. The predicted octanol–water partition coefficient (Wildman–Crippen LogP) is 19.7. The van der Waals surface area contributed by atoms with E-state index in [-0.39, 0.29) is 19.1 Å². The van der Waals surface area contributed by atoms with Gasteiger partial charge in [-0.15, -0.1) is 0 Å². The molecule has 0 aromatic rings. The van der Waals surface area contributed by atoms with Crippen molar-refractivity contribution in [2.45, 2.75) is 328 Å². The van der Waals surface area contributed by atoms with Crippen LogP contribution in [0.15, 0.2) is 36.5 Å². The standard InChI is InChI=1S/C64H125N2O6P/c1-6-8-10-12-14-16-18-20-22-24-26-27-28-29-30-31-32-33-34-35-36-37-38-39-40-42-44-46-48-50-52-54-56-58-64(68)65-62(61-72-73(69,70)71-60-59-66(3,4)5)63(67)57-55-53-51-49-47-45-43-41-25-23-21-19-17-15-13-11-9-7-2/h26-27,29-30,55,57,62-63,67H,6-25,28,31-54,56,58-61H2,1-5H3,(H-,65,68,69,70)/p+1/b27-26-,30-29-,57-55+. The number of phosphoric ester groups is 1. The van der Waals surface area contributed by atoms with Gasteiger partial charge >= 0.3 is 7.82 Å². The number of rotatable bonds is 59. The lowest BCUT2D eigenvalue weighted by Crippen LogP contribution is -2.45. The number of carbonyl (C=O) groups excluding carboxylic acids is 1. The summed E-state index contributed by atoms with van der Waals surface area (Å²) in [6.07, 6.45) is 72.7. The number of likely N-dealkylation sites (N-methyl/N-ethyl adjacent to an activating group) is 1. The number of aliphatic hydroxyl groups excluding tert-OH is 1. The van der Waals surface area contributed by atoms with Crippen LogP contribution in [-0.2, 0) is 18.4 Å². The zero-order valence-corrected chi connectivity index (χ0v) is 50.3. The number of aliphatic hydroxyl groups is 1. The second-order valence-corrected chi connectivity index (χ2v) is 24.6. The van der Waals surface area contributed by atoms with E-state index >= 15 is 0 Å². The number of amides is 1. The van der Waals surface area contributed by atoms with E-state index in [4.69, 9.17) is 9.05 Å². The number of unbranched alkanes of at least 4 members (excludes halogenated alkanes) is 42. The Labute approximate surface area is 455 Å². The molecule has 0 heterocycles. The summed E-state index contributed by atoms with van der Waals surface area (Å²) in [6, 6.07) is -0.846. The smallest absolute Gasteiger partial charge is 0.387 e. The number of nitrogens with zero attached hydrogens (tertiary/aromatic N) is 1. The Morgan fingerprint density at radius 2 is 0.781 bits per heavy atom. The van der Waals surface area contributed by atoms with Crippen molar-refractivity contribution in [3.05, 3.63) is 36.5 Å². The Balaban J connectivity index is 4.04. The minimum atomic E-state index is -4.35. The molecule has 0 aliphatic heterocycles. The van der Waals surface area contributed by atoms with Crippen LogP contribution in [0.25, 0.3) is 0 Å². The van der Waals surface area contributed by atoms with E-state index in [1.54, 1.807) is 6.08 Å². The molecular weight excluding hydrogens is 924 g/mol. The summed E-state index contributed by atoms with van der Waals surface area (Å²) in [7, 11) is 1.58. The van der Waals surface area contributed by atoms with Crippen LogP contribution in [0.5, 0.6) is 0 Å². The van der Waals surface area contributed by atoms with Gasteiger partial charge in [-0.25, -0.2) is 4.57 Å². The number of phosphoric acid groups is 1. The van der Waals surface area contributed by atoms with Gasteiger partial charge in [0.25, 0.3) is 0 Å². The van der Waals surface area contributed by atoms with Gasteiger partial charge in [-0.1, -0.05) is 294 Å². The van der Waals surface area contributed by atoms with Gasteiger partial charge < -0.3 is 19.8 Å². The normalized spacial score (nSPS) is 14.0. The van der Waals surface area contributed by atoms with Crippen LogP contribution in [0.4, 0.5) is 0 Å². The number of carbonyl (C=O) groups is 1. The molecule has 432 valence electrons. The molecule has 0 rings (SSSR count). The van der Waals surface area contributed by atoms with Gasteiger partial charge in [0, 0.05) is 6.42 Å². The number of nitrogens with one attached hydrogen (secondary N) is 1. The minimum absolute atomic E-state index is 0.0630. The van der Waals surface area contributed by atoms with Crippen molar-refractivity contribution in [2.24, 2.45) is 0 Å². The predicted molar refractivity (Wildman–Crippen MR) is 318 cm³/mol. The van der Waals surface area contributed by atoms with E-state index < -0.39 is 20.0 Å². The fourth-order valence-electron chi connectivity index (χ4n) is 9.61. The van der Waals surface area contributed by atoms with E-state index in [9.17, 15) is 19.4 Å². The first-order chi connectivity index (χ1) is 35.5. The van der Waals surface area contributed by atoms with Crippen molar-refractivity contribution >= 4 is 13.7 Å². The third-order valence-corrected chi connectivity index (χ3v) is 15.6. The Morgan fingerprint density at radius 3 is 1.12 bits per heavy atom. The summed E-state index contributed by atoms with van der Waals surface area (Å²) in [5.41, 5.74) is 0. The van der Waals surface area contributed by atoms with E-state index in [2.05, 4.69) is 43.5 Å². The monoisotopic (exact) mass is 1050 g/mol. The first-order valence-electron chi connectivity index (χ1n) is 31.9. The molecule has 0 aliphatic rings. The lowest BCUT2D eigenvalue weighted by atomic mass is 10.0. The summed E-state index contributed by atoms with van der Waals surface area (Å²) < 4.78 is 23.7. The summed E-state index contributed by atoms with van der Waals surface area (Å²) >= 11 is 0. The Kier molecular flexibility index (Phi) is 54.5. The molecule has 0 aromatic carbocycles. The summed E-state index contributed by atoms with van der Waals surface area (Å²) in [5.74, 6) is -0.172. The van der Waals surface area contributed by atoms with E-state index in [1.165, 1.54) is 250 Å². The van der Waals surface area contributed by atoms with Crippen LogP contribution in [0, 0.1) is 0 Å². The number of hydrogen-bond acceptors (Lipinski definition) is 5. The minimum Gasteiger partial charge on any atom is -0.387 e. The lowest BCUT2D eigenvalue weighted by Gasteiger charge is -2.25. The van der Waals surface area contributed by atoms with Crippen molar-refractivity contribution in [3.63, 3.8) is 0 Å². The van der Waals surface area contributed by atoms with Gasteiger partial charge in [0.2, 0.25) is 5.91 Å². The largest absolute Gasteiger partial charge is 0.472 e. The first kappa shape index (κ1) is 71.7. The van der Waals surface area contributed by atoms with Crippen molar-refractivity contribution in [1.82, 2.24) is 5.32 Å². The quantitative estimate of drug-likeness (QED) is 0.0243. The fourth-order valence-corrected chi connectivity index (χ4v) is 10.3. The topological polar surface area (TPSA) is 105 Å². The van der Waals surface area contributed by atoms with Crippen molar-refractivity contribution in [3.8, 4) is 0 Å². The van der Waals surface area contributed by atoms with E-state index in [1.807, 2.05) is 27.2 Å². The first-order valence-corrected chi connectivity index (χ1v) is 33.4. The maximum absolute atomic E-state index is 13.0. The molecule has 73 heavy (non-hydrogen) atoms. The van der Waals surface area contributed by atoms with Gasteiger partial charge in [-0.05, 0) is 51.4 Å². The highest BCUT2D eigenvalue weighted by Crippen LogP contribution is 2.43. The van der Waals surface area contributed by atoms with Crippen LogP contribution in [-0.4, -0.2) is 73.4 Å².